The Morgan fingerprint density at radius 3 is 2.70 bits per heavy atom. The molecule has 0 aliphatic carbocycles. The molecule has 3 heteroatoms. The van der Waals surface area contributed by atoms with E-state index in [1.54, 1.807) is 17.5 Å². The average Bonchev–Trinajstić information content (AvgIpc) is 3.10. The molecule has 2 nitrogen and oxygen atoms in total. The molecular formula is C17H11NOS. The second-order valence-electron chi connectivity index (χ2n) is 4.73. The van der Waals surface area contributed by atoms with Crippen molar-refractivity contribution in [3.63, 3.8) is 0 Å². The molecule has 0 bridgehead atoms. The predicted octanol–water partition coefficient (Wildman–Crippen LogP) is 4.61. The van der Waals surface area contributed by atoms with E-state index in [4.69, 9.17) is 0 Å². The van der Waals surface area contributed by atoms with Crippen molar-refractivity contribution in [3.05, 3.63) is 71.2 Å². The summed E-state index contributed by atoms with van der Waals surface area (Å²) in [5, 5.41) is 2.11. The zero-order valence-corrected chi connectivity index (χ0v) is 11.4. The molecular weight excluding hydrogens is 266 g/mol. The molecule has 2 aromatic heterocycles. The topological polar surface area (TPSA) is 32.9 Å². The predicted molar refractivity (Wildman–Crippen MR) is 83.6 cm³/mol. The second-order valence-corrected chi connectivity index (χ2v) is 5.81. The van der Waals surface area contributed by atoms with Crippen LogP contribution >= 0.6 is 11.3 Å². The van der Waals surface area contributed by atoms with E-state index in [0.29, 0.717) is 0 Å². The van der Waals surface area contributed by atoms with Gasteiger partial charge >= 0.3 is 0 Å². The van der Waals surface area contributed by atoms with E-state index in [-0.39, 0.29) is 5.78 Å². The van der Waals surface area contributed by atoms with Crippen LogP contribution in [0.2, 0.25) is 0 Å². The van der Waals surface area contributed by atoms with E-state index in [1.165, 1.54) is 0 Å². The summed E-state index contributed by atoms with van der Waals surface area (Å²) in [7, 11) is 0. The Morgan fingerprint density at radius 1 is 1.00 bits per heavy atom. The molecule has 0 amide bonds. The van der Waals surface area contributed by atoms with Crippen LogP contribution in [0.4, 0.5) is 0 Å². The minimum atomic E-state index is 0.0867. The minimum Gasteiger partial charge on any atom is -0.360 e. The summed E-state index contributed by atoms with van der Waals surface area (Å²) in [5.41, 5.74) is 1.74. The first-order valence-corrected chi connectivity index (χ1v) is 7.24. The number of fused-ring (bicyclic) bond motifs is 2. The van der Waals surface area contributed by atoms with E-state index in [1.807, 2.05) is 54.6 Å². The van der Waals surface area contributed by atoms with Crippen LogP contribution in [0.15, 0.2) is 60.8 Å². The summed E-state index contributed by atoms with van der Waals surface area (Å²) >= 11 is 1.55. The van der Waals surface area contributed by atoms with Crippen molar-refractivity contribution in [2.45, 2.75) is 0 Å². The van der Waals surface area contributed by atoms with Crippen molar-refractivity contribution in [2.75, 3.05) is 0 Å². The van der Waals surface area contributed by atoms with Crippen LogP contribution in [0.1, 0.15) is 15.2 Å². The highest BCUT2D eigenvalue weighted by atomic mass is 32.1. The Hall–Kier alpha value is -2.39. The summed E-state index contributed by atoms with van der Waals surface area (Å²) < 4.78 is 1.15. The third-order valence-corrected chi connectivity index (χ3v) is 4.60. The number of rotatable bonds is 2. The number of aromatic nitrogens is 1. The van der Waals surface area contributed by atoms with E-state index in [9.17, 15) is 4.79 Å². The van der Waals surface area contributed by atoms with E-state index >= 15 is 0 Å². The van der Waals surface area contributed by atoms with Gasteiger partial charge in [-0.25, -0.2) is 0 Å². The number of hydrogen-bond donors (Lipinski definition) is 1. The van der Waals surface area contributed by atoms with Crippen LogP contribution in [0.3, 0.4) is 0 Å². The quantitative estimate of drug-likeness (QED) is 0.533. The van der Waals surface area contributed by atoms with Gasteiger partial charge in [-0.2, -0.15) is 0 Å². The van der Waals surface area contributed by atoms with Gasteiger partial charge in [-0.15, -0.1) is 11.3 Å². The molecule has 2 aromatic carbocycles. The lowest BCUT2D eigenvalue weighted by atomic mass is 10.1. The van der Waals surface area contributed by atoms with E-state index in [2.05, 4.69) is 4.98 Å². The van der Waals surface area contributed by atoms with Crippen LogP contribution in [-0.4, -0.2) is 10.8 Å². The Labute approximate surface area is 119 Å². The van der Waals surface area contributed by atoms with Crippen LogP contribution in [0.5, 0.6) is 0 Å². The first kappa shape index (κ1) is 11.4. The number of hydrogen-bond acceptors (Lipinski definition) is 2. The summed E-state index contributed by atoms with van der Waals surface area (Å²) in [5.74, 6) is 0.0867. The van der Waals surface area contributed by atoms with Gasteiger partial charge in [-0.05, 0) is 23.6 Å². The lowest BCUT2D eigenvalue weighted by molar-refractivity contribution is 0.104. The maximum absolute atomic E-state index is 12.7. The molecule has 0 radical (unpaired) electrons. The number of carbonyl (C=O) groups is 1. The zero-order valence-electron chi connectivity index (χ0n) is 10.6. The fraction of sp³-hybridized carbons (Fsp3) is 0. The molecule has 0 atom stereocenters. The van der Waals surface area contributed by atoms with Gasteiger partial charge in [0, 0.05) is 27.4 Å². The smallest absolute Gasteiger partial charge is 0.205 e. The SMILES string of the molecule is O=C(c1cc2ccccc2s1)c1c[nH]c2ccccc12. The zero-order chi connectivity index (χ0) is 13.5. The molecule has 4 aromatic rings. The molecule has 20 heavy (non-hydrogen) atoms. The van der Waals surface area contributed by atoms with Crippen LogP contribution in [0.25, 0.3) is 21.0 Å². The molecule has 0 saturated heterocycles. The number of benzene rings is 2. The number of nitrogens with one attached hydrogen (secondary N) is 1. The number of para-hydroxylation sites is 1. The summed E-state index contributed by atoms with van der Waals surface area (Å²) in [6.07, 6.45) is 1.80. The number of H-pyrrole nitrogens is 1. The molecule has 2 heterocycles. The van der Waals surface area contributed by atoms with Gasteiger partial charge in [0.05, 0.1) is 4.88 Å². The van der Waals surface area contributed by atoms with E-state index < -0.39 is 0 Å². The standard InChI is InChI=1S/C17H11NOS/c19-17(13-10-18-14-7-3-2-6-12(13)14)16-9-11-5-1-4-8-15(11)20-16/h1-10,18H. The van der Waals surface area contributed by atoms with Crippen LogP contribution in [0, 0.1) is 0 Å². The summed E-state index contributed by atoms with van der Waals surface area (Å²) in [6, 6.07) is 17.9. The molecule has 0 saturated carbocycles. The van der Waals surface area contributed by atoms with Crippen molar-refractivity contribution in [3.8, 4) is 0 Å². The lowest BCUT2D eigenvalue weighted by Crippen LogP contribution is -1.96. The fourth-order valence-electron chi connectivity index (χ4n) is 2.49. The van der Waals surface area contributed by atoms with Gasteiger partial charge in [0.2, 0.25) is 5.78 Å². The number of ketones is 1. The Morgan fingerprint density at radius 2 is 1.80 bits per heavy atom. The highest BCUT2D eigenvalue weighted by molar-refractivity contribution is 7.21. The first-order valence-electron chi connectivity index (χ1n) is 6.42. The van der Waals surface area contributed by atoms with Crippen molar-refractivity contribution in [1.82, 2.24) is 4.98 Å². The van der Waals surface area contributed by atoms with Gasteiger partial charge in [0.1, 0.15) is 0 Å². The van der Waals surface area contributed by atoms with E-state index in [0.717, 1.165) is 31.4 Å². The largest absolute Gasteiger partial charge is 0.360 e. The normalized spacial score (nSPS) is 11.2. The molecule has 0 unspecified atom stereocenters. The average molecular weight is 277 g/mol. The molecule has 96 valence electrons. The number of aromatic amines is 1. The Kier molecular flexibility index (Phi) is 2.47. The van der Waals surface area contributed by atoms with Gasteiger partial charge in [-0.1, -0.05) is 36.4 Å². The first-order chi connectivity index (χ1) is 9.83. The monoisotopic (exact) mass is 277 g/mol. The van der Waals surface area contributed by atoms with Gasteiger partial charge in [0.15, 0.2) is 0 Å². The number of thiophene rings is 1. The molecule has 0 spiro atoms. The second kappa shape index (κ2) is 4.32. The molecule has 0 fully saturated rings. The highest BCUT2D eigenvalue weighted by Gasteiger charge is 2.16. The minimum absolute atomic E-state index is 0.0867. The van der Waals surface area contributed by atoms with Crippen molar-refractivity contribution >= 4 is 38.1 Å². The van der Waals surface area contributed by atoms with Gasteiger partial charge in [0.25, 0.3) is 0 Å². The molecule has 1 N–H and O–H groups in total. The van der Waals surface area contributed by atoms with Crippen molar-refractivity contribution in [1.29, 1.82) is 0 Å². The van der Waals surface area contributed by atoms with Crippen LogP contribution < -0.4 is 0 Å². The molecule has 0 aliphatic rings. The Bertz CT molecular complexity index is 899. The lowest BCUT2D eigenvalue weighted by Gasteiger charge is -1.95. The van der Waals surface area contributed by atoms with Gasteiger partial charge < -0.3 is 4.98 Å². The number of carbonyl (C=O) groups excluding carboxylic acids is 1. The fourth-order valence-corrected chi connectivity index (χ4v) is 3.50. The maximum Gasteiger partial charge on any atom is 0.205 e. The molecule has 4 rings (SSSR count). The van der Waals surface area contributed by atoms with Crippen molar-refractivity contribution in [2.24, 2.45) is 0 Å². The third-order valence-electron chi connectivity index (χ3n) is 3.48. The van der Waals surface area contributed by atoms with Crippen molar-refractivity contribution < 1.29 is 4.79 Å². The highest BCUT2D eigenvalue weighted by Crippen LogP contribution is 2.29. The van der Waals surface area contributed by atoms with Gasteiger partial charge in [-0.3, -0.25) is 4.79 Å². The maximum atomic E-state index is 12.7. The molecule has 0 aliphatic heterocycles. The summed E-state index contributed by atoms with van der Waals surface area (Å²) in [6.45, 7) is 0. The van der Waals surface area contributed by atoms with Crippen LogP contribution in [-0.2, 0) is 0 Å². The Balaban J connectivity index is 1.87. The summed E-state index contributed by atoms with van der Waals surface area (Å²) in [4.78, 5) is 16.6. The third kappa shape index (κ3) is 1.67.